The third-order valence-electron chi connectivity index (χ3n) is 2.47. The molecule has 0 saturated carbocycles. The summed E-state index contributed by atoms with van der Waals surface area (Å²) in [5, 5.41) is 0. The average Bonchev–Trinajstić information content (AvgIpc) is 2.05. The van der Waals surface area contributed by atoms with Crippen molar-refractivity contribution in [3.8, 4) is 5.75 Å². The van der Waals surface area contributed by atoms with E-state index >= 15 is 0 Å². The van der Waals surface area contributed by atoms with Crippen LogP contribution in [0.2, 0.25) is 0 Å². The van der Waals surface area contributed by atoms with Gasteiger partial charge in [0.25, 0.3) is 0 Å². The summed E-state index contributed by atoms with van der Waals surface area (Å²) >= 11 is 0. The predicted molar refractivity (Wildman–Crippen MR) is 52.7 cm³/mol. The Hall–Kier alpha value is -1.09. The molecule has 1 aliphatic heterocycles. The maximum atomic E-state index is 12.9. The Balaban J connectivity index is 2.45. The SMILES string of the molecule is CC1(C)C[C@H](N)c2cc(F)ccc2O1. The van der Waals surface area contributed by atoms with Gasteiger partial charge in [0, 0.05) is 18.0 Å². The predicted octanol–water partition coefficient (Wildman–Crippen LogP) is 2.39. The van der Waals surface area contributed by atoms with Crippen LogP contribution in [0.1, 0.15) is 31.9 Å². The highest BCUT2D eigenvalue weighted by atomic mass is 19.1. The zero-order valence-electron chi connectivity index (χ0n) is 8.38. The smallest absolute Gasteiger partial charge is 0.125 e. The van der Waals surface area contributed by atoms with Crippen molar-refractivity contribution in [1.82, 2.24) is 0 Å². The average molecular weight is 195 g/mol. The normalized spacial score (nSPS) is 23.9. The molecule has 1 heterocycles. The molecular weight excluding hydrogens is 181 g/mol. The summed E-state index contributed by atoms with van der Waals surface area (Å²) < 4.78 is 18.6. The van der Waals surface area contributed by atoms with Crippen LogP contribution >= 0.6 is 0 Å². The lowest BCUT2D eigenvalue weighted by molar-refractivity contribution is 0.0726. The van der Waals surface area contributed by atoms with Gasteiger partial charge in [0.15, 0.2) is 0 Å². The molecule has 1 atom stereocenters. The number of hydrogen-bond donors (Lipinski definition) is 1. The van der Waals surface area contributed by atoms with Crippen LogP contribution in [0, 0.1) is 5.82 Å². The standard InChI is InChI=1S/C11H14FNO/c1-11(2)6-9(13)8-5-7(12)3-4-10(8)14-11/h3-5,9H,6,13H2,1-2H3/t9-/m0/s1. The van der Waals surface area contributed by atoms with E-state index in [4.69, 9.17) is 10.5 Å². The summed E-state index contributed by atoms with van der Waals surface area (Å²) in [4.78, 5) is 0. The summed E-state index contributed by atoms with van der Waals surface area (Å²) in [5.41, 5.74) is 6.45. The van der Waals surface area contributed by atoms with Gasteiger partial charge in [-0.25, -0.2) is 4.39 Å². The molecular formula is C11H14FNO. The van der Waals surface area contributed by atoms with Crippen LogP contribution < -0.4 is 10.5 Å². The Kier molecular flexibility index (Phi) is 2.00. The fourth-order valence-electron chi connectivity index (χ4n) is 1.88. The molecule has 0 spiro atoms. The number of rotatable bonds is 0. The van der Waals surface area contributed by atoms with Gasteiger partial charge in [-0.05, 0) is 32.0 Å². The van der Waals surface area contributed by atoms with E-state index in [0.29, 0.717) is 12.2 Å². The van der Waals surface area contributed by atoms with Gasteiger partial charge >= 0.3 is 0 Å². The Labute approximate surface area is 82.9 Å². The van der Waals surface area contributed by atoms with Crippen molar-refractivity contribution in [2.75, 3.05) is 0 Å². The summed E-state index contributed by atoms with van der Waals surface area (Å²) in [6.07, 6.45) is 0.712. The third kappa shape index (κ3) is 1.60. The fourth-order valence-corrected chi connectivity index (χ4v) is 1.88. The van der Waals surface area contributed by atoms with Gasteiger partial charge in [0.05, 0.1) is 0 Å². The first kappa shape index (κ1) is 9.46. The zero-order chi connectivity index (χ0) is 10.3. The number of nitrogens with two attached hydrogens (primary N) is 1. The second kappa shape index (κ2) is 2.95. The van der Waals surface area contributed by atoms with Gasteiger partial charge in [-0.2, -0.15) is 0 Å². The first-order valence-electron chi connectivity index (χ1n) is 4.72. The van der Waals surface area contributed by atoms with Crippen molar-refractivity contribution in [3.05, 3.63) is 29.6 Å². The number of benzene rings is 1. The molecule has 0 bridgehead atoms. The fraction of sp³-hybridized carbons (Fsp3) is 0.455. The molecule has 1 aromatic rings. The first-order valence-corrected chi connectivity index (χ1v) is 4.72. The van der Waals surface area contributed by atoms with E-state index in [9.17, 15) is 4.39 Å². The van der Waals surface area contributed by atoms with E-state index in [1.54, 1.807) is 6.07 Å². The van der Waals surface area contributed by atoms with E-state index in [-0.39, 0.29) is 17.5 Å². The molecule has 0 aromatic heterocycles. The van der Waals surface area contributed by atoms with E-state index < -0.39 is 0 Å². The molecule has 0 unspecified atom stereocenters. The van der Waals surface area contributed by atoms with Crippen molar-refractivity contribution in [2.24, 2.45) is 5.73 Å². The van der Waals surface area contributed by atoms with E-state index in [0.717, 1.165) is 5.56 Å². The summed E-state index contributed by atoms with van der Waals surface area (Å²) in [5.74, 6) is 0.442. The molecule has 14 heavy (non-hydrogen) atoms. The number of ether oxygens (including phenoxy) is 1. The van der Waals surface area contributed by atoms with Gasteiger partial charge in [-0.3, -0.25) is 0 Å². The topological polar surface area (TPSA) is 35.2 Å². The zero-order valence-corrected chi connectivity index (χ0v) is 8.38. The molecule has 0 saturated heterocycles. The van der Waals surface area contributed by atoms with E-state index in [1.807, 2.05) is 13.8 Å². The van der Waals surface area contributed by atoms with Crippen LogP contribution in [0.25, 0.3) is 0 Å². The Bertz CT molecular complexity index is 362. The van der Waals surface area contributed by atoms with Crippen molar-refractivity contribution < 1.29 is 9.13 Å². The van der Waals surface area contributed by atoms with Gasteiger partial charge in [0.2, 0.25) is 0 Å². The first-order chi connectivity index (χ1) is 6.48. The van der Waals surface area contributed by atoms with Gasteiger partial charge in [0.1, 0.15) is 17.2 Å². The van der Waals surface area contributed by atoms with Gasteiger partial charge in [-0.1, -0.05) is 0 Å². The monoisotopic (exact) mass is 195 g/mol. The maximum Gasteiger partial charge on any atom is 0.125 e. The van der Waals surface area contributed by atoms with E-state index in [2.05, 4.69) is 0 Å². The summed E-state index contributed by atoms with van der Waals surface area (Å²) in [7, 11) is 0. The summed E-state index contributed by atoms with van der Waals surface area (Å²) in [6, 6.07) is 4.36. The molecule has 2 rings (SSSR count). The number of fused-ring (bicyclic) bond motifs is 1. The minimum Gasteiger partial charge on any atom is -0.487 e. The molecule has 1 aliphatic rings. The molecule has 0 amide bonds. The van der Waals surface area contributed by atoms with Gasteiger partial charge < -0.3 is 10.5 Å². The molecule has 2 N–H and O–H groups in total. The molecule has 3 heteroatoms. The summed E-state index contributed by atoms with van der Waals surface area (Å²) in [6.45, 7) is 3.97. The Morgan fingerprint density at radius 3 is 2.93 bits per heavy atom. The van der Waals surface area contributed by atoms with Crippen LogP contribution in [0.3, 0.4) is 0 Å². The second-order valence-corrected chi connectivity index (χ2v) is 4.35. The molecule has 0 radical (unpaired) electrons. The minimum atomic E-state index is -0.262. The molecule has 0 aliphatic carbocycles. The van der Waals surface area contributed by atoms with Crippen molar-refractivity contribution in [3.63, 3.8) is 0 Å². The lowest BCUT2D eigenvalue weighted by Gasteiger charge is -2.36. The Morgan fingerprint density at radius 1 is 1.50 bits per heavy atom. The number of halogens is 1. The maximum absolute atomic E-state index is 12.9. The molecule has 2 nitrogen and oxygen atoms in total. The van der Waals surface area contributed by atoms with Gasteiger partial charge in [-0.15, -0.1) is 0 Å². The second-order valence-electron chi connectivity index (χ2n) is 4.35. The number of hydrogen-bond acceptors (Lipinski definition) is 2. The van der Waals surface area contributed by atoms with Crippen LogP contribution in [-0.4, -0.2) is 5.60 Å². The lowest BCUT2D eigenvalue weighted by atomic mass is 9.90. The molecule has 76 valence electrons. The van der Waals surface area contributed by atoms with Crippen molar-refractivity contribution in [2.45, 2.75) is 31.9 Å². The minimum absolute atomic E-state index is 0.135. The highest BCUT2D eigenvalue weighted by Gasteiger charge is 2.31. The highest BCUT2D eigenvalue weighted by molar-refractivity contribution is 5.38. The van der Waals surface area contributed by atoms with Crippen LogP contribution in [0.15, 0.2) is 18.2 Å². The van der Waals surface area contributed by atoms with Crippen LogP contribution in [0.4, 0.5) is 4.39 Å². The van der Waals surface area contributed by atoms with Crippen LogP contribution in [0.5, 0.6) is 5.75 Å². The lowest BCUT2D eigenvalue weighted by Crippen LogP contribution is -2.37. The van der Waals surface area contributed by atoms with Crippen molar-refractivity contribution in [1.29, 1.82) is 0 Å². The largest absolute Gasteiger partial charge is 0.487 e. The third-order valence-corrected chi connectivity index (χ3v) is 2.47. The van der Waals surface area contributed by atoms with Crippen LogP contribution in [-0.2, 0) is 0 Å². The van der Waals surface area contributed by atoms with E-state index in [1.165, 1.54) is 12.1 Å². The molecule has 1 aromatic carbocycles. The van der Waals surface area contributed by atoms with Crippen molar-refractivity contribution >= 4 is 0 Å². The highest BCUT2D eigenvalue weighted by Crippen LogP contribution is 2.38. The quantitative estimate of drug-likeness (QED) is 0.689. The Morgan fingerprint density at radius 2 is 2.21 bits per heavy atom. The molecule has 0 fully saturated rings.